The van der Waals surface area contributed by atoms with Crippen LogP contribution in [0.2, 0.25) is 0 Å². The SMILES string of the molecule is C=CCC(CC(=O)N(CCO)Cc1ccccc1)C(=O)NC(COC(=O)C(CC=C)NC(=O)OCc1ccccc1)C(=O)OCc1ccccc1. The number of allylic oxidation sites excluding steroid dienone is 1. The van der Waals surface area contributed by atoms with Crippen molar-refractivity contribution in [3.8, 4) is 0 Å². The summed E-state index contributed by atoms with van der Waals surface area (Å²) in [5.74, 6) is -3.79. The Morgan fingerprint density at radius 3 is 1.76 bits per heavy atom. The highest BCUT2D eigenvalue weighted by molar-refractivity contribution is 5.89. The van der Waals surface area contributed by atoms with Crippen LogP contribution in [0.5, 0.6) is 0 Å². The molecule has 0 heterocycles. The molecule has 3 atom stereocenters. The van der Waals surface area contributed by atoms with Gasteiger partial charge in [0, 0.05) is 19.5 Å². The van der Waals surface area contributed by atoms with Gasteiger partial charge in [-0.15, -0.1) is 13.2 Å². The molecule has 12 heteroatoms. The first-order valence-electron chi connectivity index (χ1n) is 16.5. The first kappa shape index (κ1) is 39.7. The minimum atomic E-state index is -1.46. The zero-order valence-electron chi connectivity index (χ0n) is 28.5. The fourth-order valence-corrected chi connectivity index (χ4v) is 4.88. The van der Waals surface area contributed by atoms with Crippen LogP contribution < -0.4 is 10.6 Å². The number of benzene rings is 3. The third-order valence-electron chi connectivity index (χ3n) is 7.59. The summed E-state index contributed by atoms with van der Waals surface area (Å²) >= 11 is 0. The quantitative estimate of drug-likeness (QED) is 0.0840. The van der Waals surface area contributed by atoms with Crippen LogP contribution in [0.25, 0.3) is 0 Å². The van der Waals surface area contributed by atoms with Gasteiger partial charge in [-0.05, 0) is 29.5 Å². The monoisotopic (exact) mass is 699 g/mol. The second-order valence-electron chi connectivity index (χ2n) is 11.5. The summed E-state index contributed by atoms with van der Waals surface area (Å²) in [6.07, 6.45) is 1.87. The maximum absolute atomic E-state index is 13.6. The van der Waals surface area contributed by atoms with E-state index in [0.29, 0.717) is 5.56 Å². The Bertz CT molecular complexity index is 1570. The number of alkyl carbamates (subject to hydrolysis) is 1. The van der Waals surface area contributed by atoms with Crippen LogP contribution >= 0.6 is 0 Å². The largest absolute Gasteiger partial charge is 0.461 e. The Morgan fingerprint density at radius 1 is 0.686 bits per heavy atom. The van der Waals surface area contributed by atoms with Crippen molar-refractivity contribution < 1.29 is 43.3 Å². The summed E-state index contributed by atoms with van der Waals surface area (Å²) in [7, 11) is 0. The molecule has 0 aliphatic rings. The number of aliphatic hydroxyl groups is 1. The van der Waals surface area contributed by atoms with Crippen molar-refractivity contribution in [2.24, 2.45) is 5.92 Å². The molecule has 0 aliphatic heterocycles. The van der Waals surface area contributed by atoms with Gasteiger partial charge in [-0.2, -0.15) is 0 Å². The third kappa shape index (κ3) is 14.3. The van der Waals surface area contributed by atoms with E-state index in [1.807, 2.05) is 42.5 Å². The Balaban J connectivity index is 1.70. The van der Waals surface area contributed by atoms with E-state index in [2.05, 4.69) is 23.8 Å². The number of nitrogens with one attached hydrogen (secondary N) is 2. The van der Waals surface area contributed by atoms with Crippen molar-refractivity contribution in [3.63, 3.8) is 0 Å². The third-order valence-corrected chi connectivity index (χ3v) is 7.59. The number of carbonyl (C=O) groups is 5. The molecule has 0 bridgehead atoms. The number of carbonyl (C=O) groups excluding carboxylic acids is 5. The van der Waals surface area contributed by atoms with Crippen LogP contribution in [0, 0.1) is 5.92 Å². The number of ether oxygens (including phenoxy) is 3. The Morgan fingerprint density at radius 2 is 1.22 bits per heavy atom. The number of rotatable bonds is 21. The van der Waals surface area contributed by atoms with Gasteiger partial charge in [0.25, 0.3) is 0 Å². The first-order chi connectivity index (χ1) is 24.7. The van der Waals surface area contributed by atoms with Crippen molar-refractivity contribution in [2.45, 2.75) is 51.1 Å². The van der Waals surface area contributed by atoms with Gasteiger partial charge in [0.1, 0.15) is 25.9 Å². The summed E-state index contributed by atoms with van der Waals surface area (Å²) in [4.78, 5) is 67.3. The van der Waals surface area contributed by atoms with Crippen molar-refractivity contribution in [1.29, 1.82) is 0 Å². The maximum Gasteiger partial charge on any atom is 0.408 e. The van der Waals surface area contributed by atoms with Gasteiger partial charge in [-0.25, -0.2) is 14.4 Å². The molecule has 3 amide bonds. The van der Waals surface area contributed by atoms with Crippen LogP contribution in [-0.4, -0.2) is 71.7 Å². The lowest BCUT2D eigenvalue weighted by molar-refractivity contribution is -0.156. The molecule has 12 nitrogen and oxygen atoms in total. The van der Waals surface area contributed by atoms with Crippen LogP contribution in [0.4, 0.5) is 4.79 Å². The molecule has 3 aromatic rings. The number of nitrogens with zero attached hydrogens (tertiary/aromatic N) is 1. The average Bonchev–Trinajstić information content (AvgIpc) is 3.15. The molecule has 3 aromatic carbocycles. The van der Waals surface area contributed by atoms with Crippen LogP contribution in [0.1, 0.15) is 36.0 Å². The Labute approximate surface area is 298 Å². The molecule has 0 radical (unpaired) electrons. The van der Waals surface area contributed by atoms with Gasteiger partial charge in [0.2, 0.25) is 11.8 Å². The lowest BCUT2D eigenvalue weighted by Gasteiger charge is -2.25. The summed E-state index contributed by atoms with van der Waals surface area (Å²) in [6.45, 7) is 6.57. The molecular formula is C39H45N3O9. The normalized spacial score (nSPS) is 12.3. The lowest BCUT2D eigenvalue weighted by Crippen LogP contribution is -2.49. The molecule has 3 N–H and O–H groups in total. The standard InChI is InChI=1S/C39H45N3O9/c1-3-14-32(24-35(44)42(22-23-43)25-29-16-8-5-9-17-29)36(45)40-34(38(47)49-26-30-18-10-6-11-19-30)28-50-37(46)33(15-4-2)41-39(48)51-27-31-20-12-7-13-21-31/h3-13,16-21,32-34,43H,1-2,14-15,22-28H2,(H,40,45)(H,41,48). The van der Waals surface area contributed by atoms with Gasteiger partial charge in [-0.1, -0.05) is 103 Å². The minimum absolute atomic E-state index is 0.00834. The van der Waals surface area contributed by atoms with Gasteiger partial charge < -0.3 is 34.9 Å². The highest BCUT2D eigenvalue weighted by Gasteiger charge is 2.31. The molecule has 3 unspecified atom stereocenters. The fourth-order valence-electron chi connectivity index (χ4n) is 4.88. The molecule has 0 aliphatic carbocycles. The number of hydrogen-bond donors (Lipinski definition) is 3. The van der Waals surface area contributed by atoms with E-state index in [4.69, 9.17) is 14.2 Å². The summed E-state index contributed by atoms with van der Waals surface area (Å²) < 4.78 is 16.1. The average molecular weight is 700 g/mol. The first-order valence-corrected chi connectivity index (χ1v) is 16.5. The molecule has 0 saturated heterocycles. The van der Waals surface area contributed by atoms with Gasteiger partial charge >= 0.3 is 18.0 Å². The lowest BCUT2D eigenvalue weighted by atomic mass is 9.98. The van der Waals surface area contributed by atoms with E-state index in [1.165, 1.54) is 17.1 Å². The summed E-state index contributed by atoms with van der Waals surface area (Å²) in [5.41, 5.74) is 2.28. The molecule has 0 fully saturated rings. The maximum atomic E-state index is 13.6. The Hall–Kier alpha value is -5.75. The van der Waals surface area contributed by atoms with E-state index in [0.717, 1.165) is 11.1 Å². The molecule has 3 rings (SSSR count). The zero-order chi connectivity index (χ0) is 36.8. The van der Waals surface area contributed by atoms with Crippen molar-refractivity contribution in [3.05, 3.63) is 133 Å². The number of esters is 2. The summed E-state index contributed by atoms with van der Waals surface area (Å²) in [6, 6.07) is 24.4. The van der Waals surface area contributed by atoms with E-state index in [9.17, 15) is 29.1 Å². The number of hydrogen-bond acceptors (Lipinski definition) is 9. The smallest absolute Gasteiger partial charge is 0.408 e. The number of amides is 3. The highest BCUT2D eigenvalue weighted by Crippen LogP contribution is 2.15. The van der Waals surface area contributed by atoms with Crippen molar-refractivity contribution in [2.75, 3.05) is 19.8 Å². The van der Waals surface area contributed by atoms with E-state index < -0.39 is 48.5 Å². The second-order valence-corrected chi connectivity index (χ2v) is 11.5. The highest BCUT2D eigenvalue weighted by atomic mass is 16.6. The fraction of sp³-hybridized carbons (Fsp3) is 0.308. The van der Waals surface area contributed by atoms with E-state index >= 15 is 0 Å². The molecule has 0 aromatic heterocycles. The molecular weight excluding hydrogens is 654 g/mol. The van der Waals surface area contributed by atoms with Gasteiger partial charge in [-0.3, -0.25) is 9.59 Å². The van der Waals surface area contributed by atoms with E-state index in [1.54, 1.807) is 48.5 Å². The zero-order valence-corrected chi connectivity index (χ0v) is 28.5. The van der Waals surface area contributed by atoms with Crippen LogP contribution in [-0.2, 0) is 53.1 Å². The summed E-state index contributed by atoms with van der Waals surface area (Å²) in [5, 5.41) is 14.6. The van der Waals surface area contributed by atoms with Crippen molar-refractivity contribution >= 4 is 29.8 Å². The van der Waals surface area contributed by atoms with Gasteiger partial charge in [0.15, 0.2) is 6.04 Å². The van der Waals surface area contributed by atoms with Crippen molar-refractivity contribution in [1.82, 2.24) is 15.5 Å². The van der Waals surface area contributed by atoms with Crippen LogP contribution in [0.15, 0.2) is 116 Å². The second kappa shape index (κ2) is 22.1. The minimum Gasteiger partial charge on any atom is -0.461 e. The molecule has 270 valence electrons. The molecule has 51 heavy (non-hydrogen) atoms. The Kier molecular flexibility index (Phi) is 17.2. The molecule has 0 saturated carbocycles. The van der Waals surface area contributed by atoms with Crippen LogP contribution in [0.3, 0.4) is 0 Å². The predicted molar refractivity (Wildman–Crippen MR) is 189 cm³/mol. The van der Waals surface area contributed by atoms with Gasteiger partial charge in [0.05, 0.1) is 12.5 Å². The topological polar surface area (TPSA) is 161 Å². The number of aliphatic hydroxyl groups excluding tert-OH is 1. The predicted octanol–water partition coefficient (Wildman–Crippen LogP) is 4.23. The molecule has 0 spiro atoms. The van der Waals surface area contributed by atoms with E-state index in [-0.39, 0.29) is 58.1 Å².